The molecule has 0 bridgehead atoms. The Morgan fingerprint density at radius 1 is 1.08 bits per heavy atom. The van der Waals surface area contributed by atoms with Crippen molar-refractivity contribution in [2.45, 2.75) is 44.6 Å². The molecular formula is C11H20BrN. The summed E-state index contributed by atoms with van der Waals surface area (Å²) in [5.41, 5.74) is 0. The summed E-state index contributed by atoms with van der Waals surface area (Å²) in [5.74, 6) is 1.04. The van der Waals surface area contributed by atoms with Crippen LogP contribution in [0, 0.1) is 5.92 Å². The number of hydrogen-bond acceptors (Lipinski definition) is 1. The van der Waals surface area contributed by atoms with Crippen molar-refractivity contribution in [3.05, 3.63) is 0 Å². The molecule has 0 radical (unpaired) electrons. The molecule has 1 aliphatic heterocycles. The smallest absolute Gasteiger partial charge is 0.0159 e. The van der Waals surface area contributed by atoms with E-state index in [9.17, 15) is 0 Å². The largest absolute Gasteiger partial charge is 0.299 e. The Morgan fingerprint density at radius 2 is 1.85 bits per heavy atom. The molecule has 1 saturated carbocycles. The highest BCUT2D eigenvalue weighted by atomic mass is 79.9. The van der Waals surface area contributed by atoms with Gasteiger partial charge in [0, 0.05) is 17.9 Å². The second-order valence-corrected chi connectivity index (χ2v) is 5.27. The van der Waals surface area contributed by atoms with Gasteiger partial charge in [-0.15, -0.1) is 0 Å². The van der Waals surface area contributed by atoms with Crippen LogP contribution in [0.4, 0.5) is 0 Å². The van der Waals surface area contributed by atoms with E-state index in [0.29, 0.717) is 0 Å². The minimum Gasteiger partial charge on any atom is -0.299 e. The second-order valence-electron chi connectivity index (χ2n) is 4.48. The van der Waals surface area contributed by atoms with E-state index in [-0.39, 0.29) is 0 Å². The Balaban J connectivity index is 1.94. The molecule has 2 aliphatic rings. The average Bonchev–Trinajstić information content (AvgIpc) is 2.19. The number of likely N-dealkylation sites (tertiary alicyclic amines) is 1. The minimum absolute atomic E-state index is 0.944. The Bertz CT molecular complexity index is 156. The van der Waals surface area contributed by atoms with Gasteiger partial charge in [0.1, 0.15) is 0 Å². The number of nitrogens with zero attached hydrogens (tertiary/aromatic N) is 1. The van der Waals surface area contributed by atoms with Crippen LogP contribution >= 0.6 is 15.9 Å². The van der Waals surface area contributed by atoms with Crippen LogP contribution in [-0.2, 0) is 0 Å². The van der Waals surface area contributed by atoms with Gasteiger partial charge in [-0.1, -0.05) is 28.8 Å². The van der Waals surface area contributed by atoms with Crippen molar-refractivity contribution in [2.75, 3.05) is 18.4 Å². The maximum atomic E-state index is 3.56. The third-order valence-electron chi connectivity index (χ3n) is 3.73. The van der Waals surface area contributed by atoms with Crippen LogP contribution in [0.1, 0.15) is 38.5 Å². The van der Waals surface area contributed by atoms with Crippen LogP contribution in [-0.4, -0.2) is 29.4 Å². The number of alkyl halides is 1. The monoisotopic (exact) mass is 245 g/mol. The predicted octanol–water partition coefficient (Wildman–Crippen LogP) is 3.04. The van der Waals surface area contributed by atoms with Gasteiger partial charge in [-0.2, -0.15) is 0 Å². The molecule has 0 unspecified atom stereocenters. The zero-order valence-corrected chi connectivity index (χ0v) is 9.93. The molecule has 13 heavy (non-hydrogen) atoms. The standard InChI is InChI=1S/C11H20BrN/c12-7-9-13-8-3-5-10-4-1-2-6-11(10)13/h10-11H,1-9H2/t10-,11-/m1/s1. The first-order valence-corrected chi connectivity index (χ1v) is 6.84. The second kappa shape index (κ2) is 4.79. The van der Waals surface area contributed by atoms with Crippen molar-refractivity contribution in [3.8, 4) is 0 Å². The first kappa shape index (κ1) is 9.97. The molecule has 2 atom stereocenters. The van der Waals surface area contributed by atoms with Crippen molar-refractivity contribution < 1.29 is 0 Å². The molecule has 0 amide bonds. The summed E-state index contributed by atoms with van der Waals surface area (Å²) in [5, 5.41) is 1.15. The first-order valence-electron chi connectivity index (χ1n) is 5.72. The molecule has 2 rings (SSSR count). The van der Waals surface area contributed by atoms with Gasteiger partial charge in [-0.25, -0.2) is 0 Å². The van der Waals surface area contributed by atoms with Gasteiger partial charge in [0.2, 0.25) is 0 Å². The van der Waals surface area contributed by atoms with Crippen LogP contribution in [0.5, 0.6) is 0 Å². The number of piperidine rings is 1. The zero-order valence-electron chi connectivity index (χ0n) is 8.34. The number of hydrogen-bond donors (Lipinski definition) is 0. The fraction of sp³-hybridized carbons (Fsp3) is 1.00. The van der Waals surface area contributed by atoms with E-state index in [1.54, 1.807) is 0 Å². The van der Waals surface area contributed by atoms with E-state index in [1.807, 2.05) is 0 Å². The molecule has 0 spiro atoms. The normalized spacial score (nSPS) is 35.8. The fourth-order valence-electron chi connectivity index (χ4n) is 3.11. The molecule has 1 nitrogen and oxygen atoms in total. The summed E-state index contributed by atoms with van der Waals surface area (Å²) in [4.78, 5) is 2.72. The van der Waals surface area contributed by atoms with Crippen LogP contribution < -0.4 is 0 Å². The van der Waals surface area contributed by atoms with Crippen LogP contribution in [0.2, 0.25) is 0 Å². The molecule has 1 saturated heterocycles. The van der Waals surface area contributed by atoms with Gasteiger partial charge in [-0.3, -0.25) is 4.90 Å². The van der Waals surface area contributed by atoms with Crippen molar-refractivity contribution in [1.82, 2.24) is 4.90 Å². The topological polar surface area (TPSA) is 3.24 Å². The summed E-state index contributed by atoms with van der Waals surface area (Å²) < 4.78 is 0. The quantitative estimate of drug-likeness (QED) is 0.677. The van der Waals surface area contributed by atoms with E-state index in [1.165, 1.54) is 51.6 Å². The van der Waals surface area contributed by atoms with Gasteiger partial charge < -0.3 is 0 Å². The molecule has 1 aliphatic carbocycles. The summed E-state index contributed by atoms with van der Waals surface area (Å²) in [6, 6.07) is 0.944. The Kier molecular flexibility index (Phi) is 3.67. The van der Waals surface area contributed by atoms with Crippen LogP contribution in [0.3, 0.4) is 0 Å². The molecule has 0 aromatic heterocycles. The maximum absolute atomic E-state index is 3.56. The predicted molar refractivity (Wildman–Crippen MR) is 60.3 cm³/mol. The highest BCUT2D eigenvalue weighted by Gasteiger charge is 2.32. The summed E-state index contributed by atoms with van der Waals surface area (Å²) in [6.45, 7) is 2.62. The molecule has 0 N–H and O–H groups in total. The Morgan fingerprint density at radius 3 is 2.69 bits per heavy atom. The lowest BCUT2D eigenvalue weighted by Crippen LogP contribution is -2.47. The lowest BCUT2D eigenvalue weighted by Gasteiger charge is -2.44. The molecule has 1 heterocycles. The minimum atomic E-state index is 0.944. The molecular weight excluding hydrogens is 226 g/mol. The van der Waals surface area contributed by atoms with Crippen molar-refractivity contribution in [2.24, 2.45) is 5.92 Å². The van der Waals surface area contributed by atoms with E-state index in [4.69, 9.17) is 0 Å². The van der Waals surface area contributed by atoms with Crippen LogP contribution in [0.15, 0.2) is 0 Å². The number of halogens is 1. The fourth-order valence-corrected chi connectivity index (χ4v) is 3.57. The maximum Gasteiger partial charge on any atom is 0.0159 e. The Hall–Kier alpha value is 0.440. The first-order chi connectivity index (χ1) is 6.42. The summed E-state index contributed by atoms with van der Waals surface area (Å²) in [7, 11) is 0. The van der Waals surface area contributed by atoms with Crippen molar-refractivity contribution >= 4 is 15.9 Å². The van der Waals surface area contributed by atoms with Gasteiger partial charge in [0.05, 0.1) is 0 Å². The molecule has 0 aromatic carbocycles. The lowest BCUT2D eigenvalue weighted by atomic mass is 9.78. The number of rotatable bonds is 2. The highest BCUT2D eigenvalue weighted by molar-refractivity contribution is 9.09. The van der Waals surface area contributed by atoms with Crippen LogP contribution in [0.25, 0.3) is 0 Å². The van der Waals surface area contributed by atoms with Gasteiger partial charge >= 0.3 is 0 Å². The van der Waals surface area contributed by atoms with E-state index >= 15 is 0 Å². The van der Waals surface area contributed by atoms with Gasteiger partial charge in [0.15, 0.2) is 0 Å². The third-order valence-corrected chi connectivity index (χ3v) is 4.08. The van der Waals surface area contributed by atoms with Crippen molar-refractivity contribution in [3.63, 3.8) is 0 Å². The summed E-state index contributed by atoms with van der Waals surface area (Å²) in [6.07, 6.45) is 8.88. The molecule has 76 valence electrons. The molecule has 2 fully saturated rings. The molecule has 0 aromatic rings. The Labute approximate surface area is 90.0 Å². The lowest BCUT2D eigenvalue weighted by molar-refractivity contribution is 0.0669. The third kappa shape index (κ3) is 2.27. The van der Waals surface area contributed by atoms with E-state index < -0.39 is 0 Å². The van der Waals surface area contributed by atoms with Gasteiger partial charge in [0.25, 0.3) is 0 Å². The van der Waals surface area contributed by atoms with E-state index in [0.717, 1.165) is 17.3 Å². The SMILES string of the molecule is BrCCN1CCC[C@H]2CCCC[C@H]21. The summed E-state index contributed by atoms with van der Waals surface area (Å²) >= 11 is 3.56. The highest BCUT2D eigenvalue weighted by Crippen LogP contribution is 2.34. The van der Waals surface area contributed by atoms with Gasteiger partial charge in [-0.05, 0) is 38.1 Å². The zero-order chi connectivity index (χ0) is 9.10. The average molecular weight is 246 g/mol. The van der Waals surface area contributed by atoms with Crippen molar-refractivity contribution in [1.29, 1.82) is 0 Å². The van der Waals surface area contributed by atoms with E-state index in [2.05, 4.69) is 20.8 Å². The number of fused-ring (bicyclic) bond motifs is 1. The molecule has 2 heteroatoms.